The summed E-state index contributed by atoms with van der Waals surface area (Å²) >= 11 is 0. The molecule has 0 fully saturated rings. The van der Waals surface area contributed by atoms with Gasteiger partial charge in [0, 0.05) is 23.9 Å². The number of aromatic nitrogens is 1. The topological polar surface area (TPSA) is 73.1 Å². The molecular formula is C14H14N2O3. The summed E-state index contributed by atoms with van der Waals surface area (Å²) in [5, 5.41) is 11.4. The van der Waals surface area contributed by atoms with Gasteiger partial charge in [0.15, 0.2) is 0 Å². The molecule has 0 aliphatic carbocycles. The Morgan fingerprint density at radius 1 is 1.37 bits per heavy atom. The maximum Gasteiger partial charge on any atom is 0.270 e. The highest BCUT2D eigenvalue weighted by Crippen LogP contribution is 2.23. The molecule has 0 saturated heterocycles. The first-order valence-electron chi connectivity index (χ1n) is 6.10. The number of nitrogens with zero attached hydrogens (tertiary/aromatic N) is 2. The zero-order valence-corrected chi connectivity index (χ0v) is 10.8. The Kier molecular flexibility index (Phi) is 3.55. The quantitative estimate of drug-likeness (QED) is 0.623. The lowest BCUT2D eigenvalue weighted by atomic mass is 9.99. The number of hydrogen-bond donors (Lipinski definition) is 0. The number of carbonyl (C=O) groups excluding carboxylic acids is 1. The molecule has 0 spiro atoms. The van der Waals surface area contributed by atoms with Crippen molar-refractivity contribution in [2.45, 2.75) is 26.2 Å². The van der Waals surface area contributed by atoms with Gasteiger partial charge in [-0.2, -0.15) is 0 Å². The Hall–Kier alpha value is -2.30. The van der Waals surface area contributed by atoms with Crippen molar-refractivity contribution in [3.05, 3.63) is 46.1 Å². The van der Waals surface area contributed by atoms with Gasteiger partial charge in [0.2, 0.25) is 0 Å². The Labute approximate surface area is 110 Å². The highest BCUT2D eigenvalue weighted by molar-refractivity contribution is 5.86. The lowest BCUT2D eigenvalue weighted by molar-refractivity contribution is -0.384. The fourth-order valence-corrected chi connectivity index (χ4v) is 1.95. The van der Waals surface area contributed by atoms with Gasteiger partial charge in [-0.15, -0.1) is 0 Å². The van der Waals surface area contributed by atoms with E-state index >= 15 is 0 Å². The molecule has 0 saturated carbocycles. The van der Waals surface area contributed by atoms with Crippen LogP contribution in [0.4, 0.5) is 5.69 Å². The molecule has 0 aliphatic rings. The van der Waals surface area contributed by atoms with Gasteiger partial charge in [0.25, 0.3) is 5.69 Å². The SMILES string of the molecule is CCC(=O)C(C)c1ccc2cc([N+](=O)[O-])ccc2n1. The van der Waals surface area contributed by atoms with Crippen LogP contribution in [-0.4, -0.2) is 15.7 Å². The Bertz CT molecular complexity index is 652. The number of benzene rings is 1. The van der Waals surface area contributed by atoms with Crippen molar-refractivity contribution >= 4 is 22.4 Å². The first-order valence-corrected chi connectivity index (χ1v) is 6.10. The monoisotopic (exact) mass is 258 g/mol. The van der Waals surface area contributed by atoms with E-state index in [9.17, 15) is 14.9 Å². The molecule has 98 valence electrons. The summed E-state index contributed by atoms with van der Waals surface area (Å²) in [5.41, 5.74) is 1.41. The van der Waals surface area contributed by atoms with Crippen LogP contribution in [0.2, 0.25) is 0 Å². The predicted octanol–water partition coefficient (Wildman–Crippen LogP) is 3.23. The maximum atomic E-state index is 11.7. The minimum Gasteiger partial charge on any atom is -0.299 e. The Morgan fingerprint density at radius 3 is 2.74 bits per heavy atom. The summed E-state index contributed by atoms with van der Waals surface area (Å²) in [6, 6.07) is 8.04. The van der Waals surface area contributed by atoms with Crippen molar-refractivity contribution in [3.8, 4) is 0 Å². The van der Waals surface area contributed by atoms with Crippen LogP contribution in [0, 0.1) is 10.1 Å². The third-order valence-electron chi connectivity index (χ3n) is 3.18. The summed E-state index contributed by atoms with van der Waals surface area (Å²) in [6.07, 6.45) is 0.473. The van der Waals surface area contributed by atoms with Gasteiger partial charge < -0.3 is 0 Å². The van der Waals surface area contributed by atoms with Gasteiger partial charge >= 0.3 is 0 Å². The fourth-order valence-electron chi connectivity index (χ4n) is 1.95. The van der Waals surface area contributed by atoms with Gasteiger partial charge in [0.1, 0.15) is 5.78 Å². The second-order valence-electron chi connectivity index (χ2n) is 4.41. The van der Waals surface area contributed by atoms with Crippen LogP contribution < -0.4 is 0 Å². The molecule has 1 aromatic carbocycles. The molecule has 0 bridgehead atoms. The number of pyridine rings is 1. The highest BCUT2D eigenvalue weighted by Gasteiger charge is 2.15. The zero-order valence-electron chi connectivity index (χ0n) is 10.8. The molecule has 19 heavy (non-hydrogen) atoms. The van der Waals surface area contributed by atoms with Gasteiger partial charge in [-0.1, -0.05) is 13.0 Å². The Morgan fingerprint density at radius 2 is 2.11 bits per heavy atom. The summed E-state index contributed by atoms with van der Waals surface area (Å²) in [4.78, 5) is 26.3. The van der Waals surface area contributed by atoms with Gasteiger partial charge in [-0.3, -0.25) is 19.9 Å². The average Bonchev–Trinajstić information content (AvgIpc) is 2.44. The zero-order chi connectivity index (χ0) is 14.0. The van der Waals surface area contributed by atoms with E-state index < -0.39 is 4.92 Å². The van der Waals surface area contributed by atoms with E-state index in [0.717, 1.165) is 0 Å². The number of nitro benzene ring substituents is 1. The molecule has 1 heterocycles. The number of non-ortho nitro benzene ring substituents is 1. The Balaban J connectivity index is 2.44. The smallest absolute Gasteiger partial charge is 0.270 e. The molecular weight excluding hydrogens is 244 g/mol. The molecule has 0 N–H and O–H groups in total. The number of fused-ring (bicyclic) bond motifs is 1. The summed E-state index contributed by atoms with van der Waals surface area (Å²) in [6.45, 7) is 3.65. The van der Waals surface area contributed by atoms with Crippen LogP contribution >= 0.6 is 0 Å². The molecule has 1 unspecified atom stereocenters. The van der Waals surface area contributed by atoms with Gasteiger partial charge in [-0.05, 0) is 19.1 Å². The summed E-state index contributed by atoms with van der Waals surface area (Å²) in [5.74, 6) is -0.113. The first-order chi connectivity index (χ1) is 9.02. The molecule has 2 aromatic rings. The minimum absolute atomic E-state index is 0.0414. The van der Waals surface area contributed by atoms with Crippen LogP contribution in [0.1, 0.15) is 31.9 Å². The van der Waals surface area contributed by atoms with Crippen molar-refractivity contribution < 1.29 is 9.72 Å². The van der Waals surface area contributed by atoms with Crippen LogP contribution in [0.15, 0.2) is 30.3 Å². The van der Waals surface area contributed by atoms with E-state index in [4.69, 9.17) is 0 Å². The molecule has 2 rings (SSSR count). The second-order valence-corrected chi connectivity index (χ2v) is 4.41. The summed E-state index contributed by atoms with van der Waals surface area (Å²) < 4.78 is 0. The number of ketones is 1. The van der Waals surface area contributed by atoms with E-state index in [0.29, 0.717) is 23.0 Å². The normalized spacial score (nSPS) is 12.3. The van der Waals surface area contributed by atoms with Gasteiger partial charge in [-0.25, -0.2) is 0 Å². The predicted molar refractivity (Wildman–Crippen MR) is 72.1 cm³/mol. The van der Waals surface area contributed by atoms with Crippen LogP contribution in [0.25, 0.3) is 10.9 Å². The maximum absolute atomic E-state index is 11.7. The van der Waals surface area contributed by atoms with E-state index in [1.807, 2.05) is 13.8 Å². The average molecular weight is 258 g/mol. The number of hydrogen-bond acceptors (Lipinski definition) is 4. The van der Waals surface area contributed by atoms with Crippen molar-refractivity contribution in [3.63, 3.8) is 0 Å². The molecule has 1 aromatic heterocycles. The molecule has 5 nitrogen and oxygen atoms in total. The van der Waals surface area contributed by atoms with E-state index in [2.05, 4.69) is 4.98 Å². The number of carbonyl (C=O) groups is 1. The van der Waals surface area contributed by atoms with E-state index in [-0.39, 0.29) is 17.4 Å². The number of Topliss-reactive ketones (excluding diaryl/α,β-unsaturated/α-hetero) is 1. The van der Waals surface area contributed by atoms with Gasteiger partial charge in [0.05, 0.1) is 22.1 Å². The van der Waals surface area contributed by atoms with Crippen LogP contribution in [-0.2, 0) is 4.79 Å². The fraction of sp³-hybridized carbons (Fsp3) is 0.286. The molecule has 0 aliphatic heterocycles. The van der Waals surface area contributed by atoms with Crippen LogP contribution in [0.3, 0.4) is 0 Å². The van der Waals surface area contributed by atoms with Crippen molar-refractivity contribution in [1.29, 1.82) is 0 Å². The molecule has 0 amide bonds. The number of rotatable bonds is 4. The molecule has 0 radical (unpaired) electrons. The third-order valence-corrected chi connectivity index (χ3v) is 3.18. The minimum atomic E-state index is -0.434. The lowest BCUT2D eigenvalue weighted by Gasteiger charge is -2.09. The standard InChI is InChI=1S/C14H14N2O3/c1-3-14(17)9(2)12-6-4-10-8-11(16(18)19)5-7-13(10)15-12/h4-9H,3H2,1-2H3. The van der Waals surface area contributed by atoms with Crippen molar-refractivity contribution in [2.24, 2.45) is 0 Å². The second kappa shape index (κ2) is 5.14. The van der Waals surface area contributed by atoms with Crippen LogP contribution in [0.5, 0.6) is 0 Å². The molecule has 5 heteroatoms. The van der Waals surface area contributed by atoms with E-state index in [1.165, 1.54) is 12.1 Å². The number of nitro groups is 1. The molecule has 1 atom stereocenters. The van der Waals surface area contributed by atoms with Crippen molar-refractivity contribution in [2.75, 3.05) is 0 Å². The summed E-state index contributed by atoms with van der Waals surface area (Å²) in [7, 11) is 0. The first kappa shape index (κ1) is 13.1. The van der Waals surface area contributed by atoms with E-state index in [1.54, 1.807) is 18.2 Å². The third kappa shape index (κ3) is 2.59. The lowest BCUT2D eigenvalue weighted by Crippen LogP contribution is -2.09. The largest absolute Gasteiger partial charge is 0.299 e. The van der Waals surface area contributed by atoms with Crippen molar-refractivity contribution in [1.82, 2.24) is 4.98 Å². The highest BCUT2D eigenvalue weighted by atomic mass is 16.6.